The van der Waals surface area contributed by atoms with Crippen LogP contribution < -0.4 is 23.8 Å². The summed E-state index contributed by atoms with van der Waals surface area (Å²) in [6, 6.07) is 17.9. The van der Waals surface area contributed by atoms with Gasteiger partial charge in [-0.25, -0.2) is 8.42 Å². The minimum atomic E-state index is -4.31. The zero-order chi connectivity index (χ0) is 34.0. The fourth-order valence-electron chi connectivity index (χ4n) is 5.98. The lowest BCUT2D eigenvalue weighted by Crippen LogP contribution is -2.54. The molecule has 3 aromatic carbocycles. The van der Waals surface area contributed by atoms with E-state index in [-0.39, 0.29) is 34.8 Å². The summed E-state index contributed by atoms with van der Waals surface area (Å²) in [4.78, 5) is 29.7. The molecule has 1 saturated carbocycles. The molecule has 1 fully saturated rings. The van der Waals surface area contributed by atoms with Gasteiger partial charge in [-0.15, -0.1) is 0 Å². The van der Waals surface area contributed by atoms with Crippen LogP contribution in [-0.2, 0) is 26.2 Å². The third-order valence-corrected chi connectivity index (χ3v) is 10.2. The summed E-state index contributed by atoms with van der Waals surface area (Å²) in [6.07, 6.45) is 5.43. The van der Waals surface area contributed by atoms with Gasteiger partial charge in [-0.2, -0.15) is 0 Å². The third kappa shape index (κ3) is 8.97. The molecule has 47 heavy (non-hydrogen) atoms. The highest BCUT2D eigenvalue weighted by molar-refractivity contribution is 7.92. The summed E-state index contributed by atoms with van der Waals surface area (Å²) < 4.78 is 46.1. The maximum atomic E-state index is 14.5. The minimum absolute atomic E-state index is 0.0620. The highest BCUT2D eigenvalue weighted by atomic mass is 32.2. The van der Waals surface area contributed by atoms with Crippen LogP contribution >= 0.6 is 0 Å². The number of hydrogen-bond acceptors (Lipinski definition) is 7. The molecule has 254 valence electrons. The van der Waals surface area contributed by atoms with Crippen molar-refractivity contribution < 1.29 is 32.2 Å². The first-order chi connectivity index (χ1) is 22.6. The molecule has 11 heteroatoms. The van der Waals surface area contributed by atoms with Crippen molar-refractivity contribution >= 4 is 27.5 Å². The van der Waals surface area contributed by atoms with Gasteiger partial charge in [0.25, 0.3) is 10.0 Å². The second kappa shape index (κ2) is 16.5. The van der Waals surface area contributed by atoms with Crippen LogP contribution in [0.5, 0.6) is 17.2 Å². The average Bonchev–Trinajstić information content (AvgIpc) is 3.07. The number of carbonyl (C=O) groups is 2. The fraction of sp³-hybridized carbons (Fsp3) is 0.444. The quantitative estimate of drug-likeness (QED) is 0.216. The first-order valence-electron chi connectivity index (χ1n) is 16.2. The Labute approximate surface area is 279 Å². The smallest absolute Gasteiger partial charge is 0.264 e. The van der Waals surface area contributed by atoms with Crippen molar-refractivity contribution in [3.8, 4) is 17.2 Å². The lowest BCUT2D eigenvalue weighted by Gasteiger charge is -2.34. The summed E-state index contributed by atoms with van der Waals surface area (Å²) >= 11 is 0. The molecule has 0 unspecified atom stereocenters. The Hall–Kier alpha value is -4.25. The Kier molecular flexibility index (Phi) is 12.5. The third-order valence-electron chi connectivity index (χ3n) is 8.43. The van der Waals surface area contributed by atoms with Crippen LogP contribution in [-0.4, -0.2) is 64.6 Å². The van der Waals surface area contributed by atoms with Crippen molar-refractivity contribution in [2.24, 2.45) is 0 Å². The molecule has 0 aromatic heterocycles. The van der Waals surface area contributed by atoms with Crippen molar-refractivity contribution in [2.75, 3.05) is 31.7 Å². The molecule has 0 spiro atoms. The highest BCUT2D eigenvalue weighted by Gasteiger charge is 2.35. The number of aryl methyl sites for hydroxylation is 1. The van der Waals surface area contributed by atoms with Gasteiger partial charge in [0, 0.05) is 18.7 Å². The average molecular weight is 666 g/mol. The summed E-state index contributed by atoms with van der Waals surface area (Å²) in [5, 5.41) is 3.18. The van der Waals surface area contributed by atoms with Gasteiger partial charge in [0.15, 0.2) is 11.5 Å². The van der Waals surface area contributed by atoms with Crippen LogP contribution in [0, 0.1) is 6.92 Å². The Morgan fingerprint density at radius 2 is 1.62 bits per heavy atom. The van der Waals surface area contributed by atoms with E-state index in [1.54, 1.807) is 24.3 Å². The molecule has 1 atom stereocenters. The summed E-state index contributed by atoms with van der Waals surface area (Å²) in [7, 11) is -1.42. The lowest BCUT2D eigenvalue weighted by molar-refractivity contribution is -0.140. The fourth-order valence-corrected chi connectivity index (χ4v) is 7.41. The van der Waals surface area contributed by atoms with E-state index in [4.69, 9.17) is 14.2 Å². The van der Waals surface area contributed by atoms with E-state index in [1.165, 1.54) is 37.3 Å². The topological polar surface area (TPSA) is 114 Å². The van der Waals surface area contributed by atoms with E-state index >= 15 is 0 Å². The molecule has 4 rings (SSSR count). The number of anilines is 1. The molecule has 3 aromatic rings. The van der Waals surface area contributed by atoms with Gasteiger partial charge in [-0.1, -0.05) is 56.0 Å². The number of hydrogen-bond donors (Lipinski definition) is 1. The van der Waals surface area contributed by atoms with Gasteiger partial charge in [-0.05, 0) is 75.1 Å². The first-order valence-corrected chi connectivity index (χ1v) is 17.7. The summed E-state index contributed by atoms with van der Waals surface area (Å²) in [6.45, 7) is 5.74. The van der Waals surface area contributed by atoms with Crippen LogP contribution in [0.3, 0.4) is 0 Å². The van der Waals surface area contributed by atoms with Crippen LogP contribution in [0.4, 0.5) is 5.69 Å². The largest absolute Gasteiger partial charge is 0.494 e. The molecule has 1 aliphatic rings. The van der Waals surface area contributed by atoms with E-state index in [0.29, 0.717) is 24.5 Å². The minimum Gasteiger partial charge on any atom is -0.494 e. The predicted molar refractivity (Wildman–Crippen MR) is 183 cm³/mol. The second-order valence-electron chi connectivity index (χ2n) is 11.7. The molecule has 10 nitrogen and oxygen atoms in total. The Morgan fingerprint density at radius 3 is 2.23 bits per heavy atom. The van der Waals surface area contributed by atoms with Crippen molar-refractivity contribution in [1.82, 2.24) is 10.2 Å². The van der Waals surface area contributed by atoms with Crippen LogP contribution in [0.15, 0.2) is 71.6 Å². The lowest BCUT2D eigenvalue weighted by atomic mass is 9.95. The Bertz CT molecular complexity index is 1610. The van der Waals surface area contributed by atoms with Crippen molar-refractivity contribution in [2.45, 2.75) is 82.8 Å². The number of carbonyl (C=O) groups excluding carboxylic acids is 2. The molecular weight excluding hydrogens is 618 g/mol. The summed E-state index contributed by atoms with van der Waals surface area (Å²) in [5.41, 5.74) is 2.13. The van der Waals surface area contributed by atoms with E-state index in [2.05, 4.69) is 5.32 Å². The monoisotopic (exact) mass is 665 g/mol. The molecule has 0 saturated heterocycles. The molecule has 0 heterocycles. The van der Waals surface area contributed by atoms with Gasteiger partial charge in [0.05, 0.1) is 31.4 Å². The van der Waals surface area contributed by atoms with Gasteiger partial charge in [0.2, 0.25) is 11.8 Å². The Balaban J connectivity index is 1.74. The molecule has 2 amide bonds. The predicted octanol–water partition coefficient (Wildman–Crippen LogP) is 5.86. The number of methoxy groups -OCH3 is 2. The van der Waals surface area contributed by atoms with Crippen molar-refractivity contribution in [3.63, 3.8) is 0 Å². The number of amides is 2. The number of sulfonamides is 1. The molecule has 0 aliphatic heterocycles. The first kappa shape index (κ1) is 35.6. The molecule has 1 N–H and O–H groups in total. The van der Waals surface area contributed by atoms with Gasteiger partial charge >= 0.3 is 0 Å². The van der Waals surface area contributed by atoms with Gasteiger partial charge in [0.1, 0.15) is 18.3 Å². The van der Waals surface area contributed by atoms with Gasteiger partial charge < -0.3 is 24.4 Å². The maximum Gasteiger partial charge on any atom is 0.264 e. The zero-order valence-corrected chi connectivity index (χ0v) is 28.8. The number of benzene rings is 3. The zero-order valence-electron chi connectivity index (χ0n) is 28.0. The number of ether oxygens (including phenoxy) is 3. The molecule has 0 bridgehead atoms. The number of nitrogens with one attached hydrogen (secondary N) is 1. The standard InChI is InChI=1S/C36H47N3O7S/c1-6-32(36(41)37-28-14-9-8-10-15-28)38(24-27-13-11-12-26(3)22-27)35(40)25-39(29-16-18-30(19-17-29)46-7-2)47(42,43)31-20-21-33(44-4)34(23-31)45-5/h11-13,16-23,28,32H,6-10,14-15,24-25H2,1-5H3,(H,37,41)/t32-/m1/s1. The van der Waals surface area contributed by atoms with Crippen LogP contribution in [0.1, 0.15) is 63.5 Å². The van der Waals surface area contributed by atoms with E-state index in [9.17, 15) is 18.0 Å². The number of nitrogens with zero attached hydrogens (tertiary/aromatic N) is 2. The van der Waals surface area contributed by atoms with Crippen molar-refractivity contribution in [3.05, 3.63) is 77.9 Å². The van der Waals surface area contributed by atoms with Crippen molar-refractivity contribution in [1.29, 1.82) is 0 Å². The molecule has 1 aliphatic carbocycles. The normalized spacial score (nSPS) is 14.1. The van der Waals surface area contributed by atoms with Crippen LogP contribution in [0.25, 0.3) is 0 Å². The molecule has 0 radical (unpaired) electrons. The van der Waals surface area contributed by atoms with Gasteiger partial charge in [-0.3, -0.25) is 13.9 Å². The van der Waals surface area contributed by atoms with Crippen LogP contribution in [0.2, 0.25) is 0 Å². The Morgan fingerprint density at radius 1 is 0.915 bits per heavy atom. The van der Waals surface area contributed by atoms with E-state index < -0.39 is 28.5 Å². The SMILES string of the molecule is CCOc1ccc(N(CC(=O)N(Cc2cccc(C)c2)[C@H](CC)C(=O)NC2CCCCC2)S(=O)(=O)c2ccc(OC)c(OC)c2)cc1. The molecular formula is C36H47N3O7S. The number of rotatable bonds is 15. The maximum absolute atomic E-state index is 14.5. The van der Waals surface area contributed by atoms with E-state index in [0.717, 1.165) is 47.5 Å². The van der Waals surface area contributed by atoms with E-state index in [1.807, 2.05) is 45.0 Å². The second-order valence-corrected chi connectivity index (χ2v) is 13.6. The highest BCUT2D eigenvalue weighted by Crippen LogP contribution is 2.33. The summed E-state index contributed by atoms with van der Waals surface area (Å²) in [5.74, 6) is 0.440.